The molecule has 2 heterocycles. The summed E-state index contributed by atoms with van der Waals surface area (Å²) in [4.78, 5) is 4.00. The van der Waals surface area contributed by atoms with E-state index in [0.717, 1.165) is 0 Å². The standard InChI is InChI=1S/C7H6Br2N2S/c8-12(9)5-1-2-7(12)11-4-3-10-6-11/h1-6H. The molecule has 0 fully saturated rings. The number of halogens is 2. The number of imidazole rings is 1. The molecule has 0 N–H and O–H groups in total. The minimum atomic E-state index is -1.08. The van der Waals surface area contributed by atoms with Crippen LogP contribution in [0.2, 0.25) is 0 Å². The second kappa shape index (κ2) is 3.05. The van der Waals surface area contributed by atoms with Gasteiger partial charge in [-0.3, -0.25) is 0 Å². The maximum Gasteiger partial charge on any atom is 0.0995 e. The fourth-order valence-corrected chi connectivity index (χ4v) is 4.46. The molecule has 0 aromatic carbocycles. The van der Waals surface area contributed by atoms with E-state index < -0.39 is 6.89 Å². The minimum Gasteiger partial charge on any atom is -0.300 e. The molecule has 2 nitrogen and oxygen atoms in total. The Balaban J connectivity index is 2.40. The van der Waals surface area contributed by atoms with Crippen molar-refractivity contribution in [3.63, 3.8) is 0 Å². The van der Waals surface area contributed by atoms with Crippen LogP contribution in [-0.4, -0.2) is 9.55 Å². The van der Waals surface area contributed by atoms with Crippen LogP contribution in [0.5, 0.6) is 0 Å². The summed E-state index contributed by atoms with van der Waals surface area (Å²) in [5, 5.41) is 3.31. The van der Waals surface area contributed by atoms with E-state index in [4.69, 9.17) is 0 Å². The van der Waals surface area contributed by atoms with Crippen molar-refractivity contribution in [3.8, 4) is 0 Å². The molecule has 1 aromatic heterocycles. The second-order valence-electron chi connectivity index (χ2n) is 2.31. The van der Waals surface area contributed by atoms with Gasteiger partial charge in [-0.1, -0.05) is 13.0 Å². The highest BCUT2D eigenvalue weighted by molar-refractivity contribution is 9.93. The van der Waals surface area contributed by atoms with Crippen molar-refractivity contribution in [1.29, 1.82) is 0 Å². The van der Waals surface area contributed by atoms with E-state index >= 15 is 0 Å². The molecule has 0 saturated heterocycles. The third kappa shape index (κ3) is 1.41. The Labute approximate surface area is 87.1 Å². The lowest BCUT2D eigenvalue weighted by Crippen LogP contribution is -1.91. The number of nitrogens with zero attached hydrogens (tertiary/aromatic N) is 2. The zero-order valence-corrected chi connectivity index (χ0v) is 10.0. The van der Waals surface area contributed by atoms with Gasteiger partial charge >= 0.3 is 0 Å². The Morgan fingerprint density at radius 1 is 1.42 bits per heavy atom. The maximum absolute atomic E-state index is 4.00. The summed E-state index contributed by atoms with van der Waals surface area (Å²) in [6.07, 6.45) is 9.61. The second-order valence-corrected chi connectivity index (χ2v) is 12.8. The van der Waals surface area contributed by atoms with Crippen LogP contribution in [0.1, 0.15) is 0 Å². The zero-order chi connectivity index (χ0) is 8.60. The van der Waals surface area contributed by atoms with Crippen LogP contribution >= 0.6 is 36.5 Å². The van der Waals surface area contributed by atoms with E-state index in [0.29, 0.717) is 0 Å². The molecule has 2 rings (SSSR count). The molecule has 1 aromatic rings. The van der Waals surface area contributed by atoms with Gasteiger partial charge in [0.2, 0.25) is 0 Å². The lowest BCUT2D eigenvalue weighted by atomic mass is 10.6. The molecule has 0 spiro atoms. The van der Waals surface area contributed by atoms with E-state index in [1.165, 1.54) is 5.03 Å². The third-order valence-electron chi connectivity index (χ3n) is 1.53. The number of hydrogen-bond acceptors (Lipinski definition) is 1. The van der Waals surface area contributed by atoms with E-state index in [1.807, 2.05) is 16.8 Å². The van der Waals surface area contributed by atoms with Crippen molar-refractivity contribution < 1.29 is 0 Å². The summed E-state index contributed by atoms with van der Waals surface area (Å²) in [6, 6.07) is 0. The van der Waals surface area contributed by atoms with Crippen LogP contribution in [0.3, 0.4) is 0 Å². The maximum atomic E-state index is 4.00. The number of hydrogen-bond donors (Lipinski definition) is 0. The highest BCUT2D eigenvalue weighted by Crippen LogP contribution is 2.73. The third-order valence-corrected chi connectivity index (χ3v) is 6.21. The molecule has 0 unspecified atom stereocenters. The molecule has 0 atom stereocenters. The van der Waals surface area contributed by atoms with Gasteiger partial charge in [0.05, 0.1) is 11.4 Å². The Bertz CT molecular complexity index is 340. The monoisotopic (exact) mass is 308 g/mol. The molecule has 64 valence electrons. The number of rotatable bonds is 1. The Hall–Kier alpha value is 0.000000000000000278. The predicted octanol–water partition coefficient (Wildman–Crippen LogP) is 3.63. The summed E-state index contributed by atoms with van der Waals surface area (Å²) in [7, 11) is 0. The summed E-state index contributed by atoms with van der Waals surface area (Å²) >= 11 is 7.25. The number of aromatic nitrogens is 2. The van der Waals surface area contributed by atoms with Crippen LogP contribution in [0.4, 0.5) is 0 Å². The molecule has 12 heavy (non-hydrogen) atoms. The van der Waals surface area contributed by atoms with Gasteiger partial charge in [-0.25, -0.2) is 4.98 Å². The lowest BCUT2D eigenvalue weighted by molar-refractivity contribution is 1.13. The lowest BCUT2D eigenvalue weighted by Gasteiger charge is -2.21. The van der Waals surface area contributed by atoms with Crippen molar-refractivity contribution in [2.45, 2.75) is 0 Å². The van der Waals surface area contributed by atoms with Gasteiger partial charge in [0.15, 0.2) is 0 Å². The molecule has 0 amide bonds. The molecule has 0 bridgehead atoms. The van der Waals surface area contributed by atoms with Gasteiger partial charge in [-0.05, 0) is 41.1 Å². The first-order valence-electron chi connectivity index (χ1n) is 3.29. The molecular formula is C7H6Br2N2S. The first-order chi connectivity index (χ1) is 5.70. The van der Waals surface area contributed by atoms with Crippen LogP contribution in [-0.2, 0) is 0 Å². The van der Waals surface area contributed by atoms with Gasteiger partial charge in [0.1, 0.15) is 0 Å². The van der Waals surface area contributed by atoms with Gasteiger partial charge < -0.3 is 4.57 Å². The molecule has 1 aliphatic heterocycles. The Morgan fingerprint density at radius 3 is 2.75 bits per heavy atom. The average Bonchev–Trinajstić information content (AvgIpc) is 2.55. The molecule has 0 saturated carbocycles. The summed E-state index contributed by atoms with van der Waals surface area (Å²) in [5.41, 5.74) is 0. The van der Waals surface area contributed by atoms with Crippen LogP contribution in [0, 0.1) is 0 Å². The first kappa shape index (κ1) is 8.59. The zero-order valence-electron chi connectivity index (χ0n) is 6.02. The number of allylic oxidation sites excluding steroid dienone is 2. The smallest absolute Gasteiger partial charge is 0.0995 e. The van der Waals surface area contributed by atoms with Crippen molar-refractivity contribution in [1.82, 2.24) is 9.55 Å². The van der Waals surface area contributed by atoms with Gasteiger partial charge in [-0.2, -0.15) is 0 Å². The van der Waals surface area contributed by atoms with Crippen LogP contribution < -0.4 is 0 Å². The van der Waals surface area contributed by atoms with E-state index in [9.17, 15) is 0 Å². The van der Waals surface area contributed by atoms with Crippen molar-refractivity contribution >= 4 is 41.5 Å². The Morgan fingerprint density at radius 2 is 2.25 bits per heavy atom. The summed E-state index contributed by atoms with van der Waals surface area (Å²) in [5.74, 6) is 0. The molecule has 0 aliphatic carbocycles. The van der Waals surface area contributed by atoms with Crippen molar-refractivity contribution in [3.05, 3.63) is 36.3 Å². The molecule has 0 radical (unpaired) electrons. The van der Waals surface area contributed by atoms with E-state index in [-0.39, 0.29) is 0 Å². The van der Waals surface area contributed by atoms with Crippen LogP contribution in [0.25, 0.3) is 5.03 Å². The van der Waals surface area contributed by atoms with Crippen molar-refractivity contribution in [2.24, 2.45) is 0 Å². The normalized spacial score (nSPS) is 22.3. The topological polar surface area (TPSA) is 17.8 Å². The fraction of sp³-hybridized carbons (Fsp3) is 0. The average molecular weight is 310 g/mol. The first-order valence-corrected chi connectivity index (χ1v) is 8.68. The predicted molar refractivity (Wildman–Crippen MR) is 61.1 cm³/mol. The van der Waals surface area contributed by atoms with Crippen LogP contribution in [0.15, 0.2) is 36.3 Å². The van der Waals surface area contributed by atoms with Crippen molar-refractivity contribution in [2.75, 3.05) is 0 Å². The fourth-order valence-electron chi connectivity index (χ4n) is 0.997. The van der Waals surface area contributed by atoms with Gasteiger partial charge in [0.25, 0.3) is 0 Å². The molecule has 5 heteroatoms. The summed E-state index contributed by atoms with van der Waals surface area (Å²) in [6.45, 7) is -1.08. The Kier molecular flexibility index (Phi) is 2.18. The molecule has 1 aliphatic rings. The highest BCUT2D eigenvalue weighted by atomic mass is 79.9. The highest BCUT2D eigenvalue weighted by Gasteiger charge is 2.23. The molecular weight excluding hydrogens is 304 g/mol. The van der Waals surface area contributed by atoms with Gasteiger partial charge in [0, 0.05) is 12.4 Å². The largest absolute Gasteiger partial charge is 0.300 e. The quantitative estimate of drug-likeness (QED) is 0.774. The SMILES string of the molecule is BrS1(Br)C=CC=C1n1ccnc1. The minimum absolute atomic E-state index is 1.08. The van der Waals surface area contributed by atoms with E-state index in [2.05, 4.69) is 46.1 Å². The van der Waals surface area contributed by atoms with E-state index in [1.54, 1.807) is 12.5 Å². The summed E-state index contributed by atoms with van der Waals surface area (Å²) < 4.78 is 2.00. The van der Waals surface area contributed by atoms with Gasteiger partial charge in [-0.15, -0.1) is 0 Å².